The van der Waals surface area contributed by atoms with Gasteiger partial charge in [0, 0.05) is 36.3 Å². The summed E-state index contributed by atoms with van der Waals surface area (Å²) in [6.07, 6.45) is 0. The van der Waals surface area contributed by atoms with Crippen LogP contribution in [-0.2, 0) is 14.8 Å². The molecule has 9 heteroatoms. The standard InChI is InChI=1S/C20H24BrN3O4S/c1-2-29(26,27)24-13-11-23(12-14-24)15-20(25)22-17-5-9-19(10-6-17)28-18-7-3-16(21)4-8-18/h3-10H,2,11-15H2,1H3,(H,22,25). The van der Waals surface area contributed by atoms with Crippen molar-refractivity contribution in [3.63, 3.8) is 0 Å². The molecule has 0 aromatic heterocycles. The molecular weight excluding hydrogens is 458 g/mol. The average molecular weight is 482 g/mol. The van der Waals surface area contributed by atoms with Gasteiger partial charge in [0.05, 0.1) is 12.3 Å². The normalized spacial score (nSPS) is 15.8. The van der Waals surface area contributed by atoms with E-state index in [0.717, 1.165) is 10.2 Å². The van der Waals surface area contributed by atoms with Gasteiger partial charge in [0.2, 0.25) is 15.9 Å². The van der Waals surface area contributed by atoms with Gasteiger partial charge in [-0.2, -0.15) is 4.31 Å². The van der Waals surface area contributed by atoms with Gasteiger partial charge in [0.15, 0.2) is 0 Å². The third kappa shape index (κ3) is 6.27. The lowest BCUT2D eigenvalue weighted by Gasteiger charge is -2.33. The van der Waals surface area contributed by atoms with E-state index in [-0.39, 0.29) is 18.2 Å². The van der Waals surface area contributed by atoms with Crippen LogP contribution < -0.4 is 10.1 Å². The number of hydrogen-bond donors (Lipinski definition) is 1. The number of carbonyl (C=O) groups is 1. The highest BCUT2D eigenvalue weighted by atomic mass is 79.9. The molecule has 2 aromatic rings. The van der Waals surface area contributed by atoms with Crippen LogP contribution >= 0.6 is 15.9 Å². The summed E-state index contributed by atoms with van der Waals surface area (Å²) in [6, 6.07) is 14.7. The first-order valence-corrected chi connectivity index (χ1v) is 11.8. The van der Waals surface area contributed by atoms with Crippen molar-refractivity contribution >= 4 is 37.5 Å². The van der Waals surface area contributed by atoms with Gasteiger partial charge in [-0.05, 0) is 55.5 Å². The molecule has 2 aromatic carbocycles. The van der Waals surface area contributed by atoms with Crippen molar-refractivity contribution in [1.29, 1.82) is 0 Å². The van der Waals surface area contributed by atoms with E-state index in [1.807, 2.05) is 29.2 Å². The van der Waals surface area contributed by atoms with E-state index in [4.69, 9.17) is 4.74 Å². The van der Waals surface area contributed by atoms with E-state index in [0.29, 0.717) is 37.6 Å². The molecule has 1 amide bonds. The number of halogens is 1. The molecule has 1 aliphatic heterocycles. The minimum absolute atomic E-state index is 0.106. The SMILES string of the molecule is CCS(=O)(=O)N1CCN(CC(=O)Nc2ccc(Oc3ccc(Br)cc3)cc2)CC1. The Morgan fingerprint density at radius 2 is 1.55 bits per heavy atom. The van der Waals surface area contributed by atoms with Crippen LogP contribution in [0.4, 0.5) is 5.69 Å². The lowest BCUT2D eigenvalue weighted by Crippen LogP contribution is -2.50. The molecule has 1 saturated heterocycles. The number of amides is 1. The first-order valence-electron chi connectivity index (χ1n) is 9.39. The Kier molecular flexibility index (Phi) is 7.28. The summed E-state index contributed by atoms with van der Waals surface area (Å²) >= 11 is 3.39. The van der Waals surface area contributed by atoms with Crippen LogP contribution in [0.1, 0.15) is 6.92 Å². The van der Waals surface area contributed by atoms with Gasteiger partial charge >= 0.3 is 0 Å². The van der Waals surface area contributed by atoms with Gasteiger partial charge in [0.25, 0.3) is 0 Å². The first-order chi connectivity index (χ1) is 13.9. The summed E-state index contributed by atoms with van der Waals surface area (Å²) in [5, 5.41) is 2.87. The Labute approximate surface area is 179 Å². The molecule has 0 spiro atoms. The van der Waals surface area contributed by atoms with E-state index >= 15 is 0 Å². The van der Waals surface area contributed by atoms with Crippen LogP contribution in [0.2, 0.25) is 0 Å². The molecular formula is C20H24BrN3O4S. The monoisotopic (exact) mass is 481 g/mol. The minimum atomic E-state index is -3.16. The van der Waals surface area contributed by atoms with E-state index in [2.05, 4.69) is 21.2 Å². The van der Waals surface area contributed by atoms with Gasteiger partial charge in [-0.15, -0.1) is 0 Å². The minimum Gasteiger partial charge on any atom is -0.457 e. The van der Waals surface area contributed by atoms with E-state index in [1.54, 1.807) is 31.2 Å². The zero-order chi connectivity index (χ0) is 20.9. The van der Waals surface area contributed by atoms with Crippen LogP contribution in [0.15, 0.2) is 53.0 Å². The van der Waals surface area contributed by atoms with Crippen molar-refractivity contribution in [2.45, 2.75) is 6.92 Å². The smallest absolute Gasteiger partial charge is 0.238 e. The maximum Gasteiger partial charge on any atom is 0.238 e. The molecule has 156 valence electrons. The van der Waals surface area contributed by atoms with Crippen molar-refractivity contribution in [2.75, 3.05) is 43.8 Å². The summed E-state index contributed by atoms with van der Waals surface area (Å²) in [6.45, 7) is 3.82. The first kappa shape index (κ1) is 21.8. The number of hydrogen-bond acceptors (Lipinski definition) is 5. The largest absolute Gasteiger partial charge is 0.457 e. The second-order valence-corrected chi connectivity index (χ2v) is 9.88. The summed E-state index contributed by atoms with van der Waals surface area (Å²) in [7, 11) is -3.16. The van der Waals surface area contributed by atoms with E-state index < -0.39 is 10.0 Å². The lowest BCUT2D eigenvalue weighted by molar-refractivity contribution is -0.117. The molecule has 7 nitrogen and oxygen atoms in total. The zero-order valence-corrected chi connectivity index (χ0v) is 18.6. The van der Waals surface area contributed by atoms with Crippen LogP contribution in [0.3, 0.4) is 0 Å². The predicted molar refractivity (Wildman–Crippen MR) is 117 cm³/mol. The summed E-state index contributed by atoms with van der Waals surface area (Å²) < 4.78 is 32.0. The zero-order valence-electron chi connectivity index (χ0n) is 16.2. The Bertz CT molecular complexity index is 925. The fourth-order valence-electron chi connectivity index (χ4n) is 3.00. The predicted octanol–water partition coefficient (Wildman–Crippen LogP) is 3.15. The topological polar surface area (TPSA) is 79.0 Å². The second kappa shape index (κ2) is 9.71. The fraction of sp³-hybridized carbons (Fsp3) is 0.350. The summed E-state index contributed by atoms with van der Waals surface area (Å²) in [4.78, 5) is 14.3. The summed E-state index contributed by atoms with van der Waals surface area (Å²) in [5.74, 6) is 1.39. The van der Waals surface area contributed by atoms with Gasteiger partial charge in [0.1, 0.15) is 11.5 Å². The molecule has 0 bridgehead atoms. The van der Waals surface area contributed by atoms with Gasteiger partial charge in [-0.3, -0.25) is 9.69 Å². The Balaban J connectivity index is 1.47. The number of ether oxygens (including phenoxy) is 1. The molecule has 1 N–H and O–H groups in total. The molecule has 1 fully saturated rings. The maximum atomic E-state index is 12.3. The Hall–Kier alpha value is -1.94. The summed E-state index contributed by atoms with van der Waals surface area (Å²) in [5.41, 5.74) is 0.686. The fourth-order valence-corrected chi connectivity index (χ4v) is 4.35. The number of rotatable bonds is 7. The van der Waals surface area contributed by atoms with Crippen molar-refractivity contribution in [1.82, 2.24) is 9.21 Å². The molecule has 3 rings (SSSR count). The maximum absolute atomic E-state index is 12.3. The van der Waals surface area contributed by atoms with Gasteiger partial charge in [-0.1, -0.05) is 15.9 Å². The third-order valence-electron chi connectivity index (χ3n) is 4.64. The second-order valence-electron chi connectivity index (χ2n) is 6.70. The Morgan fingerprint density at radius 1 is 1.00 bits per heavy atom. The van der Waals surface area contributed by atoms with E-state index in [9.17, 15) is 13.2 Å². The number of nitrogens with zero attached hydrogens (tertiary/aromatic N) is 2. The van der Waals surface area contributed by atoms with Crippen molar-refractivity contribution in [3.05, 3.63) is 53.0 Å². The van der Waals surface area contributed by atoms with E-state index in [1.165, 1.54) is 4.31 Å². The van der Waals surface area contributed by atoms with Crippen LogP contribution in [-0.4, -0.2) is 62.0 Å². The molecule has 0 radical (unpaired) electrons. The lowest BCUT2D eigenvalue weighted by atomic mass is 10.3. The van der Waals surface area contributed by atoms with Crippen molar-refractivity contribution in [3.8, 4) is 11.5 Å². The number of sulfonamides is 1. The molecule has 0 aliphatic carbocycles. The highest BCUT2D eigenvalue weighted by Crippen LogP contribution is 2.24. The van der Waals surface area contributed by atoms with Crippen molar-refractivity contribution in [2.24, 2.45) is 0 Å². The number of benzene rings is 2. The van der Waals surface area contributed by atoms with Gasteiger partial charge in [-0.25, -0.2) is 8.42 Å². The highest BCUT2D eigenvalue weighted by molar-refractivity contribution is 9.10. The number of nitrogens with one attached hydrogen (secondary N) is 1. The number of piperazine rings is 1. The molecule has 0 unspecified atom stereocenters. The van der Waals surface area contributed by atoms with Crippen molar-refractivity contribution < 1.29 is 17.9 Å². The van der Waals surface area contributed by atoms with Gasteiger partial charge < -0.3 is 10.1 Å². The number of carbonyl (C=O) groups excluding carboxylic acids is 1. The highest BCUT2D eigenvalue weighted by Gasteiger charge is 2.26. The quantitative estimate of drug-likeness (QED) is 0.656. The number of anilines is 1. The third-order valence-corrected chi connectivity index (χ3v) is 7.05. The molecule has 1 heterocycles. The Morgan fingerprint density at radius 3 is 2.10 bits per heavy atom. The molecule has 1 aliphatic rings. The van der Waals surface area contributed by atoms with Crippen LogP contribution in [0.25, 0.3) is 0 Å². The average Bonchev–Trinajstić information content (AvgIpc) is 2.71. The van der Waals surface area contributed by atoms with Crippen LogP contribution in [0.5, 0.6) is 11.5 Å². The molecule has 29 heavy (non-hydrogen) atoms. The molecule has 0 atom stereocenters. The van der Waals surface area contributed by atoms with Crippen LogP contribution in [0, 0.1) is 0 Å². The molecule has 0 saturated carbocycles.